The Morgan fingerprint density at radius 1 is 1.39 bits per heavy atom. The molecule has 0 saturated heterocycles. The second kappa shape index (κ2) is 9.40. The predicted octanol–water partition coefficient (Wildman–Crippen LogP) is 3.48. The summed E-state index contributed by atoms with van der Waals surface area (Å²) < 4.78 is 13.1. The lowest BCUT2D eigenvalue weighted by molar-refractivity contribution is -0.122. The summed E-state index contributed by atoms with van der Waals surface area (Å²) in [6.07, 6.45) is 4.16. The zero-order valence-electron chi connectivity index (χ0n) is 13.2. The fourth-order valence-corrected chi connectivity index (χ4v) is 2.14. The third-order valence-electron chi connectivity index (χ3n) is 3.18. The first-order valence-corrected chi connectivity index (χ1v) is 7.31. The first kappa shape index (κ1) is 18.4. The van der Waals surface area contributed by atoms with Crippen LogP contribution in [0.1, 0.15) is 37.2 Å². The number of rotatable bonds is 5. The minimum absolute atomic E-state index is 0.179. The average Bonchev–Trinajstić information content (AvgIpc) is 2.91. The Hall–Kier alpha value is -2.63. The van der Waals surface area contributed by atoms with E-state index >= 15 is 0 Å². The number of carbonyl (C=O) groups is 2. The molecule has 5 nitrogen and oxygen atoms in total. The highest BCUT2D eigenvalue weighted by molar-refractivity contribution is 5.98. The second-order valence-corrected chi connectivity index (χ2v) is 5.03. The van der Waals surface area contributed by atoms with Gasteiger partial charge in [0.2, 0.25) is 0 Å². The van der Waals surface area contributed by atoms with E-state index in [2.05, 4.69) is 24.1 Å². The highest BCUT2D eigenvalue weighted by Crippen LogP contribution is 2.16. The Balaban J connectivity index is 0.000000816. The molecule has 1 heterocycles. The number of hydrogen-bond donors (Lipinski definition) is 3. The first-order valence-electron chi connectivity index (χ1n) is 7.31. The summed E-state index contributed by atoms with van der Waals surface area (Å²) in [6, 6.07) is 6.08. The smallest absolute Gasteiger partial charge is 0.290 e. The molecular formula is C17H21FN2O3. The van der Waals surface area contributed by atoms with Crippen LogP contribution < -0.4 is 5.32 Å². The van der Waals surface area contributed by atoms with Crippen molar-refractivity contribution in [1.29, 1.82) is 0 Å². The maximum absolute atomic E-state index is 13.1. The van der Waals surface area contributed by atoms with Crippen LogP contribution in [0, 0.1) is 5.82 Å². The number of allylic oxidation sites excluding steroid dienone is 1. The minimum Gasteiger partial charge on any atom is -0.483 e. The van der Waals surface area contributed by atoms with E-state index in [0.29, 0.717) is 17.6 Å². The van der Waals surface area contributed by atoms with Gasteiger partial charge in [0.15, 0.2) is 0 Å². The molecule has 1 aromatic heterocycles. The van der Waals surface area contributed by atoms with E-state index in [4.69, 9.17) is 9.90 Å². The fourth-order valence-electron chi connectivity index (χ4n) is 2.14. The van der Waals surface area contributed by atoms with E-state index in [1.807, 2.05) is 6.08 Å². The number of hydrogen-bond acceptors (Lipinski definition) is 2. The van der Waals surface area contributed by atoms with Crippen LogP contribution in [0.5, 0.6) is 0 Å². The van der Waals surface area contributed by atoms with Crippen LogP contribution in [0.15, 0.2) is 35.9 Å². The van der Waals surface area contributed by atoms with Gasteiger partial charge in [0.05, 0.1) is 0 Å². The van der Waals surface area contributed by atoms with Gasteiger partial charge in [-0.15, -0.1) is 0 Å². The number of halogens is 1. The van der Waals surface area contributed by atoms with Crippen molar-refractivity contribution in [3.05, 3.63) is 47.4 Å². The van der Waals surface area contributed by atoms with E-state index in [-0.39, 0.29) is 18.2 Å². The summed E-state index contributed by atoms with van der Waals surface area (Å²) in [5.74, 6) is -0.483. The molecule has 0 fully saturated rings. The van der Waals surface area contributed by atoms with Crippen molar-refractivity contribution < 1.29 is 19.1 Å². The van der Waals surface area contributed by atoms with Crippen LogP contribution in [0.3, 0.4) is 0 Å². The van der Waals surface area contributed by atoms with E-state index in [1.165, 1.54) is 17.7 Å². The number of carboxylic acid groups (broad SMARTS) is 1. The van der Waals surface area contributed by atoms with Crippen molar-refractivity contribution >= 4 is 23.3 Å². The molecule has 0 aliphatic heterocycles. The van der Waals surface area contributed by atoms with E-state index in [9.17, 15) is 9.18 Å². The van der Waals surface area contributed by atoms with Gasteiger partial charge in [-0.3, -0.25) is 9.59 Å². The quantitative estimate of drug-likeness (QED) is 0.582. The summed E-state index contributed by atoms with van der Waals surface area (Å²) in [4.78, 5) is 23.3. The van der Waals surface area contributed by atoms with Gasteiger partial charge in [0.1, 0.15) is 11.5 Å². The van der Waals surface area contributed by atoms with E-state index in [1.54, 1.807) is 12.1 Å². The van der Waals surface area contributed by atoms with E-state index in [0.717, 1.165) is 18.4 Å². The maximum atomic E-state index is 13.1. The van der Waals surface area contributed by atoms with Crippen molar-refractivity contribution in [2.24, 2.45) is 0 Å². The average molecular weight is 320 g/mol. The predicted molar refractivity (Wildman–Crippen MR) is 87.9 cm³/mol. The number of H-pyrrole nitrogens is 1. The Morgan fingerprint density at radius 2 is 2.09 bits per heavy atom. The fraction of sp³-hybridized carbons (Fsp3) is 0.294. The molecule has 124 valence electrons. The van der Waals surface area contributed by atoms with Gasteiger partial charge in [-0.2, -0.15) is 0 Å². The first-order chi connectivity index (χ1) is 11.0. The third kappa shape index (κ3) is 5.94. The SMILES string of the molecule is CCC/C(C)=C/CNC(=O)c1cc2cc(F)ccc2[nH]1.O=CO. The monoisotopic (exact) mass is 320 g/mol. The molecule has 0 aliphatic carbocycles. The van der Waals surface area contributed by atoms with Gasteiger partial charge in [0, 0.05) is 17.4 Å². The van der Waals surface area contributed by atoms with Crippen molar-refractivity contribution in [2.45, 2.75) is 26.7 Å². The summed E-state index contributed by atoms with van der Waals surface area (Å²) in [5, 5.41) is 10.4. The Labute approximate surface area is 134 Å². The van der Waals surface area contributed by atoms with Gasteiger partial charge in [-0.25, -0.2) is 4.39 Å². The van der Waals surface area contributed by atoms with E-state index < -0.39 is 0 Å². The number of nitrogens with one attached hydrogen (secondary N) is 2. The number of aromatic nitrogens is 1. The molecule has 2 rings (SSSR count). The van der Waals surface area contributed by atoms with Crippen molar-refractivity contribution in [3.63, 3.8) is 0 Å². The number of amides is 1. The Kier molecular flexibility index (Phi) is 7.53. The molecule has 3 N–H and O–H groups in total. The minimum atomic E-state index is -0.304. The number of aromatic amines is 1. The third-order valence-corrected chi connectivity index (χ3v) is 3.18. The number of carbonyl (C=O) groups excluding carboxylic acids is 1. The van der Waals surface area contributed by atoms with Crippen molar-refractivity contribution in [2.75, 3.05) is 6.54 Å². The van der Waals surface area contributed by atoms with Gasteiger partial charge >= 0.3 is 0 Å². The summed E-state index contributed by atoms with van der Waals surface area (Å²) in [6.45, 7) is 4.44. The van der Waals surface area contributed by atoms with Gasteiger partial charge in [0.25, 0.3) is 12.4 Å². The standard InChI is InChI=1S/C16H19FN2O.CH2O2/c1-3-4-11(2)7-8-18-16(20)15-10-12-9-13(17)5-6-14(12)19-15;2-1-3/h5-7,9-10,19H,3-4,8H2,1-2H3,(H,18,20);1H,(H,2,3)/b11-7+;. The molecular weight excluding hydrogens is 299 g/mol. The molecule has 1 aromatic carbocycles. The zero-order chi connectivity index (χ0) is 17.2. The van der Waals surface area contributed by atoms with Crippen molar-refractivity contribution in [1.82, 2.24) is 10.3 Å². The second-order valence-electron chi connectivity index (χ2n) is 5.03. The molecule has 0 bridgehead atoms. The Bertz CT molecular complexity index is 692. The van der Waals surface area contributed by atoms with Crippen molar-refractivity contribution in [3.8, 4) is 0 Å². The molecule has 0 aliphatic rings. The maximum Gasteiger partial charge on any atom is 0.290 e. The van der Waals surface area contributed by atoms with Crippen LogP contribution in [0.2, 0.25) is 0 Å². The molecule has 0 unspecified atom stereocenters. The molecule has 0 spiro atoms. The molecule has 0 radical (unpaired) electrons. The molecule has 1 amide bonds. The lowest BCUT2D eigenvalue weighted by Crippen LogP contribution is -2.23. The molecule has 0 atom stereocenters. The topological polar surface area (TPSA) is 82.2 Å². The number of fused-ring (bicyclic) bond motifs is 1. The van der Waals surface area contributed by atoms with Crippen LogP contribution >= 0.6 is 0 Å². The highest BCUT2D eigenvalue weighted by atomic mass is 19.1. The molecule has 6 heteroatoms. The number of benzene rings is 1. The lowest BCUT2D eigenvalue weighted by atomic mass is 10.2. The van der Waals surface area contributed by atoms with Crippen LogP contribution in [-0.4, -0.2) is 29.0 Å². The lowest BCUT2D eigenvalue weighted by Gasteiger charge is -2.01. The van der Waals surface area contributed by atoms with Crippen LogP contribution in [-0.2, 0) is 4.79 Å². The molecule has 0 saturated carbocycles. The molecule has 2 aromatic rings. The Morgan fingerprint density at radius 3 is 2.74 bits per heavy atom. The van der Waals surface area contributed by atoms with Crippen LogP contribution in [0.25, 0.3) is 10.9 Å². The van der Waals surface area contributed by atoms with Crippen LogP contribution in [0.4, 0.5) is 4.39 Å². The molecule has 23 heavy (non-hydrogen) atoms. The van der Waals surface area contributed by atoms with Gasteiger partial charge < -0.3 is 15.4 Å². The zero-order valence-corrected chi connectivity index (χ0v) is 13.2. The summed E-state index contributed by atoms with van der Waals surface area (Å²) in [7, 11) is 0. The van der Waals surface area contributed by atoms with Gasteiger partial charge in [-0.1, -0.05) is 25.0 Å². The summed E-state index contributed by atoms with van der Waals surface area (Å²) >= 11 is 0. The summed E-state index contributed by atoms with van der Waals surface area (Å²) in [5.41, 5.74) is 2.48. The highest BCUT2D eigenvalue weighted by Gasteiger charge is 2.08. The largest absolute Gasteiger partial charge is 0.483 e. The normalized spacial score (nSPS) is 10.8. The van der Waals surface area contributed by atoms with Gasteiger partial charge in [-0.05, 0) is 37.6 Å².